The van der Waals surface area contributed by atoms with Crippen molar-refractivity contribution in [1.82, 2.24) is 0 Å². The zero-order valence-electron chi connectivity index (χ0n) is 18.3. The van der Waals surface area contributed by atoms with E-state index >= 15 is 0 Å². The predicted octanol–water partition coefficient (Wildman–Crippen LogP) is 4.04. The Labute approximate surface area is 189 Å². The molecule has 5 N–H and O–H groups in total. The largest absolute Gasteiger partial charge is 0.384 e. The highest BCUT2D eigenvalue weighted by Gasteiger charge is 2.17. The molecule has 0 aromatic heterocycles. The molecule has 168 valence electrons. The molecule has 2 atom stereocenters. The first-order valence-corrected chi connectivity index (χ1v) is 11.9. The number of nitrogens with two attached hydrogens (primary N) is 2. The third-order valence-electron chi connectivity index (χ3n) is 5.64. The lowest BCUT2D eigenvalue weighted by Crippen LogP contribution is -2.18. The van der Waals surface area contributed by atoms with E-state index in [1.165, 1.54) is 6.07 Å². The minimum atomic E-state index is -3.80. The van der Waals surface area contributed by atoms with E-state index in [0.717, 1.165) is 29.5 Å². The van der Waals surface area contributed by atoms with Crippen molar-refractivity contribution in [3.63, 3.8) is 0 Å². The Hall–Kier alpha value is -3.00. The average molecular weight is 452 g/mol. The van der Waals surface area contributed by atoms with Gasteiger partial charge in [0.25, 0.3) is 0 Å². The number of ether oxygens (including phenoxy) is 1. The van der Waals surface area contributed by atoms with E-state index in [9.17, 15) is 8.42 Å². The maximum Gasteiger partial charge on any atom is 0.238 e. The minimum absolute atomic E-state index is 0.00925. The SMILES string of the molecule is COC(Cc1cccc(C(=N)N)c1)CC(C)c1ccc(-c2ccccc2S(N)(=O)=O)cc1. The maximum atomic E-state index is 11.9. The Kier molecular flexibility index (Phi) is 7.45. The Morgan fingerprint density at radius 2 is 1.72 bits per heavy atom. The highest BCUT2D eigenvalue weighted by atomic mass is 32.2. The van der Waals surface area contributed by atoms with Gasteiger partial charge in [0, 0.05) is 18.2 Å². The minimum Gasteiger partial charge on any atom is -0.384 e. The average Bonchev–Trinajstić information content (AvgIpc) is 2.78. The summed E-state index contributed by atoms with van der Waals surface area (Å²) in [6.07, 6.45) is 1.55. The van der Waals surface area contributed by atoms with Crippen molar-refractivity contribution in [1.29, 1.82) is 5.41 Å². The van der Waals surface area contributed by atoms with Crippen LogP contribution < -0.4 is 10.9 Å². The molecule has 0 saturated carbocycles. The van der Waals surface area contributed by atoms with Crippen LogP contribution >= 0.6 is 0 Å². The number of sulfonamides is 1. The van der Waals surface area contributed by atoms with Crippen LogP contribution in [-0.4, -0.2) is 27.5 Å². The summed E-state index contributed by atoms with van der Waals surface area (Å²) in [7, 11) is -2.10. The number of nitrogen functional groups attached to an aromatic ring is 1. The molecule has 3 aromatic rings. The second-order valence-electron chi connectivity index (χ2n) is 7.98. The van der Waals surface area contributed by atoms with Crippen LogP contribution in [0.5, 0.6) is 0 Å². The molecule has 0 amide bonds. The Morgan fingerprint density at radius 3 is 2.34 bits per heavy atom. The normalized spacial score (nSPS) is 13.5. The second-order valence-corrected chi connectivity index (χ2v) is 9.51. The first kappa shape index (κ1) is 23.7. The lowest BCUT2D eigenvalue weighted by atomic mass is 9.91. The zero-order valence-corrected chi connectivity index (χ0v) is 19.1. The Morgan fingerprint density at radius 1 is 1.03 bits per heavy atom. The van der Waals surface area contributed by atoms with Crippen LogP contribution in [0.1, 0.15) is 36.0 Å². The van der Waals surface area contributed by atoms with Gasteiger partial charge in [0.05, 0.1) is 11.0 Å². The molecule has 0 aliphatic carbocycles. The smallest absolute Gasteiger partial charge is 0.238 e. The van der Waals surface area contributed by atoms with Crippen molar-refractivity contribution < 1.29 is 13.2 Å². The highest BCUT2D eigenvalue weighted by Crippen LogP contribution is 2.29. The van der Waals surface area contributed by atoms with Gasteiger partial charge < -0.3 is 10.5 Å². The van der Waals surface area contributed by atoms with Crippen molar-refractivity contribution in [3.05, 3.63) is 89.5 Å². The summed E-state index contributed by atoms with van der Waals surface area (Å²) in [6, 6.07) is 22.3. The second kappa shape index (κ2) is 10.1. The molecule has 0 bridgehead atoms. The molecule has 7 heteroatoms. The third kappa shape index (κ3) is 5.82. The van der Waals surface area contributed by atoms with Crippen LogP contribution in [-0.2, 0) is 21.2 Å². The number of methoxy groups -OCH3 is 1. The fourth-order valence-electron chi connectivity index (χ4n) is 3.87. The molecule has 0 heterocycles. The molecule has 0 saturated heterocycles. The summed E-state index contributed by atoms with van der Waals surface area (Å²) < 4.78 is 29.5. The van der Waals surface area contributed by atoms with Gasteiger partial charge in [0.15, 0.2) is 0 Å². The van der Waals surface area contributed by atoms with Crippen molar-refractivity contribution in [2.75, 3.05) is 7.11 Å². The van der Waals surface area contributed by atoms with Crippen molar-refractivity contribution in [2.24, 2.45) is 10.9 Å². The summed E-state index contributed by atoms with van der Waals surface area (Å²) in [6.45, 7) is 2.14. The molecule has 3 rings (SSSR count). The Balaban J connectivity index is 1.74. The molecule has 0 aliphatic heterocycles. The van der Waals surface area contributed by atoms with Crippen LogP contribution in [0, 0.1) is 5.41 Å². The summed E-state index contributed by atoms with van der Waals surface area (Å²) in [5.41, 5.74) is 9.92. The number of hydrogen-bond donors (Lipinski definition) is 3. The molecule has 0 radical (unpaired) electrons. The third-order valence-corrected chi connectivity index (χ3v) is 6.60. The molecule has 6 nitrogen and oxygen atoms in total. The van der Waals surface area contributed by atoms with Crippen LogP contribution in [0.3, 0.4) is 0 Å². The standard InChI is InChI=1S/C25H29N3O3S/c1-17(14-22(31-2)16-18-6-5-7-21(15-18)25(26)27)19-10-12-20(13-11-19)23-8-3-4-9-24(23)32(28,29)30/h3-13,15,17,22H,14,16H2,1-2H3,(H3,26,27)(H2,28,29,30). The fourth-order valence-corrected chi connectivity index (χ4v) is 4.63. The van der Waals surface area contributed by atoms with Gasteiger partial charge in [-0.3, -0.25) is 5.41 Å². The van der Waals surface area contributed by atoms with Gasteiger partial charge in [0.2, 0.25) is 10.0 Å². The molecular formula is C25H29N3O3S. The number of nitrogens with one attached hydrogen (secondary N) is 1. The van der Waals surface area contributed by atoms with E-state index in [2.05, 4.69) is 6.92 Å². The van der Waals surface area contributed by atoms with Gasteiger partial charge in [-0.2, -0.15) is 0 Å². The van der Waals surface area contributed by atoms with Crippen LogP contribution in [0.15, 0.2) is 77.7 Å². The summed E-state index contributed by atoms with van der Waals surface area (Å²) in [5, 5.41) is 13.0. The maximum absolute atomic E-state index is 11.9. The first-order chi connectivity index (χ1) is 15.2. The van der Waals surface area contributed by atoms with Crippen molar-refractivity contribution in [3.8, 4) is 11.1 Å². The summed E-state index contributed by atoms with van der Waals surface area (Å²) in [5.74, 6) is 0.289. The number of amidine groups is 1. The van der Waals surface area contributed by atoms with Gasteiger partial charge in [-0.15, -0.1) is 0 Å². The number of hydrogen-bond acceptors (Lipinski definition) is 4. The molecule has 3 aromatic carbocycles. The molecular weight excluding hydrogens is 422 g/mol. The fraction of sp³-hybridized carbons (Fsp3) is 0.240. The van der Waals surface area contributed by atoms with E-state index < -0.39 is 10.0 Å². The van der Waals surface area contributed by atoms with Gasteiger partial charge in [0.1, 0.15) is 5.84 Å². The number of primary sulfonamides is 1. The van der Waals surface area contributed by atoms with Gasteiger partial charge >= 0.3 is 0 Å². The lowest BCUT2D eigenvalue weighted by molar-refractivity contribution is 0.0904. The van der Waals surface area contributed by atoms with Crippen molar-refractivity contribution >= 4 is 15.9 Å². The van der Waals surface area contributed by atoms with Crippen LogP contribution in [0.2, 0.25) is 0 Å². The van der Waals surface area contributed by atoms with Gasteiger partial charge in [-0.1, -0.05) is 67.6 Å². The molecule has 32 heavy (non-hydrogen) atoms. The lowest BCUT2D eigenvalue weighted by Gasteiger charge is -2.21. The molecule has 0 aliphatic rings. The Bertz CT molecular complexity index is 1190. The topological polar surface area (TPSA) is 119 Å². The van der Waals surface area contributed by atoms with E-state index in [1.807, 2.05) is 48.5 Å². The molecule has 0 fully saturated rings. The first-order valence-electron chi connectivity index (χ1n) is 10.4. The van der Waals surface area contributed by atoms with Gasteiger partial charge in [-0.25, -0.2) is 13.6 Å². The predicted molar refractivity (Wildman–Crippen MR) is 128 cm³/mol. The van der Waals surface area contributed by atoms with E-state index in [0.29, 0.717) is 11.1 Å². The molecule has 0 spiro atoms. The summed E-state index contributed by atoms with van der Waals surface area (Å²) >= 11 is 0. The van der Waals surface area contributed by atoms with Crippen LogP contribution in [0.25, 0.3) is 11.1 Å². The van der Waals surface area contributed by atoms with Crippen LogP contribution in [0.4, 0.5) is 0 Å². The number of rotatable bonds is 9. The van der Waals surface area contributed by atoms with Gasteiger partial charge in [-0.05, 0) is 47.6 Å². The van der Waals surface area contributed by atoms with E-state index in [4.69, 9.17) is 21.0 Å². The highest BCUT2D eigenvalue weighted by molar-refractivity contribution is 7.89. The van der Waals surface area contributed by atoms with Crippen molar-refractivity contribution in [2.45, 2.75) is 36.7 Å². The number of benzene rings is 3. The van der Waals surface area contributed by atoms with E-state index in [1.54, 1.807) is 25.3 Å². The monoisotopic (exact) mass is 451 g/mol. The summed E-state index contributed by atoms with van der Waals surface area (Å²) in [4.78, 5) is 0.119. The van der Waals surface area contributed by atoms with E-state index in [-0.39, 0.29) is 22.8 Å². The quantitative estimate of drug-likeness (QED) is 0.336. The molecule has 2 unspecified atom stereocenters. The zero-order chi connectivity index (χ0) is 23.3.